The molecule has 0 aliphatic carbocycles. The van der Waals surface area contributed by atoms with Gasteiger partial charge in [-0.05, 0) is 57.1 Å². The molecule has 2 nitrogen and oxygen atoms in total. The molecule has 1 aromatic rings. The number of hydrogen-bond acceptors (Lipinski definition) is 1. The standard InChI is InChI=1S/C8H6BrIO2/c1-4-2-3-5(8(11)12)7(10)6(4)9/h2-3H,1H3,(H,11,12). The van der Waals surface area contributed by atoms with E-state index in [9.17, 15) is 4.79 Å². The van der Waals surface area contributed by atoms with Crippen LogP contribution in [0, 0.1) is 10.5 Å². The van der Waals surface area contributed by atoms with Crippen LogP contribution >= 0.6 is 38.5 Å². The first-order valence-corrected chi connectivity index (χ1v) is 5.09. The monoisotopic (exact) mass is 340 g/mol. The molecule has 4 heteroatoms. The number of rotatable bonds is 1. The van der Waals surface area contributed by atoms with Crippen LogP contribution in [0.3, 0.4) is 0 Å². The Labute approximate surface area is 92.2 Å². The normalized spacial score (nSPS) is 9.92. The Hall–Kier alpha value is -0.100. The first kappa shape index (κ1) is 9.98. The highest BCUT2D eigenvalue weighted by molar-refractivity contribution is 14.1. The van der Waals surface area contributed by atoms with Gasteiger partial charge in [-0.1, -0.05) is 6.07 Å². The lowest BCUT2D eigenvalue weighted by atomic mass is 10.1. The molecule has 0 saturated carbocycles. The van der Waals surface area contributed by atoms with Gasteiger partial charge in [0.15, 0.2) is 0 Å². The summed E-state index contributed by atoms with van der Waals surface area (Å²) in [6.07, 6.45) is 0. The summed E-state index contributed by atoms with van der Waals surface area (Å²) in [5, 5.41) is 8.76. The Balaban J connectivity index is 3.36. The molecule has 0 heterocycles. The number of halogens is 2. The number of benzene rings is 1. The molecule has 0 aliphatic rings. The molecule has 0 atom stereocenters. The van der Waals surface area contributed by atoms with Crippen LogP contribution in [0.2, 0.25) is 0 Å². The molecule has 64 valence electrons. The zero-order valence-corrected chi connectivity index (χ0v) is 10.0. The molecule has 0 aliphatic heterocycles. The van der Waals surface area contributed by atoms with Crippen LogP contribution in [0.4, 0.5) is 0 Å². The van der Waals surface area contributed by atoms with E-state index in [0.717, 1.165) is 13.6 Å². The third kappa shape index (κ3) is 1.80. The van der Waals surface area contributed by atoms with Crippen LogP contribution in [-0.4, -0.2) is 11.1 Å². The second-order valence-corrected chi connectivity index (χ2v) is 4.23. The van der Waals surface area contributed by atoms with Crippen molar-refractivity contribution in [2.45, 2.75) is 6.92 Å². The Morgan fingerprint density at radius 3 is 2.67 bits per heavy atom. The fraction of sp³-hybridized carbons (Fsp3) is 0.125. The van der Waals surface area contributed by atoms with Gasteiger partial charge < -0.3 is 5.11 Å². The summed E-state index contributed by atoms with van der Waals surface area (Å²) < 4.78 is 1.61. The lowest BCUT2D eigenvalue weighted by molar-refractivity contribution is 0.0695. The Kier molecular flexibility index (Phi) is 3.11. The third-order valence-electron chi connectivity index (χ3n) is 1.51. The first-order valence-electron chi connectivity index (χ1n) is 3.22. The van der Waals surface area contributed by atoms with Gasteiger partial charge in [-0.15, -0.1) is 0 Å². The van der Waals surface area contributed by atoms with E-state index in [4.69, 9.17) is 5.11 Å². The quantitative estimate of drug-likeness (QED) is 0.798. The second kappa shape index (κ2) is 3.74. The molecular weight excluding hydrogens is 335 g/mol. The summed E-state index contributed by atoms with van der Waals surface area (Å²) >= 11 is 5.35. The fourth-order valence-corrected chi connectivity index (χ4v) is 1.99. The van der Waals surface area contributed by atoms with Crippen molar-refractivity contribution < 1.29 is 9.90 Å². The van der Waals surface area contributed by atoms with Crippen molar-refractivity contribution in [3.8, 4) is 0 Å². The summed E-state index contributed by atoms with van der Waals surface area (Å²) in [6.45, 7) is 1.93. The van der Waals surface area contributed by atoms with Gasteiger partial charge in [0.25, 0.3) is 0 Å². The summed E-state index contributed by atoms with van der Waals surface area (Å²) in [7, 11) is 0. The van der Waals surface area contributed by atoms with Gasteiger partial charge in [0.05, 0.1) is 5.56 Å². The zero-order valence-electron chi connectivity index (χ0n) is 6.27. The topological polar surface area (TPSA) is 37.3 Å². The number of aromatic carboxylic acids is 1. The SMILES string of the molecule is Cc1ccc(C(=O)O)c(I)c1Br. The third-order valence-corrected chi connectivity index (χ3v) is 4.39. The molecule has 0 aromatic heterocycles. The smallest absolute Gasteiger partial charge is 0.336 e. The van der Waals surface area contributed by atoms with E-state index >= 15 is 0 Å². The van der Waals surface area contributed by atoms with Gasteiger partial charge in [0.2, 0.25) is 0 Å². The number of hydrogen-bond donors (Lipinski definition) is 1. The number of carboxylic acids is 1. The lowest BCUT2D eigenvalue weighted by Gasteiger charge is -2.03. The van der Waals surface area contributed by atoms with E-state index in [1.165, 1.54) is 0 Å². The number of aryl methyl sites for hydroxylation is 1. The Morgan fingerprint density at radius 2 is 2.17 bits per heavy atom. The summed E-state index contributed by atoms with van der Waals surface area (Å²) in [5.74, 6) is -0.889. The molecule has 0 radical (unpaired) electrons. The predicted octanol–water partition coefficient (Wildman–Crippen LogP) is 3.06. The molecule has 0 spiro atoms. The van der Waals surface area contributed by atoms with Gasteiger partial charge in [-0.25, -0.2) is 4.79 Å². The van der Waals surface area contributed by atoms with Crippen molar-refractivity contribution in [1.82, 2.24) is 0 Å². The fourth-order valence-electron chi connectivity index (χ4n) is 0.811. The molecule has 0 amide bonds. The minimum atomic E-state index is -0.889. The average Bonchev–Trinajstić information content (AvgIpc) is 2.00. The maximum atomic E-state index is 10.7. The van der Waals surface area contributed by atoms with Crippen LogP contribution in [0.25, 0.3) is 0 Å². The lowest BCUT2D eigenvalue weighted by Crippen LogP contribution is -2.00. The van der Waals surface area contributed by atoms with E-state index in [2.05, 4.69) is 15.9 Å². The van der Waals surface area contributed by atoms with Crippen molar-refractivity contribution in [2.75, 3.05) is 0 Å². The predicted molar refractivity (Wildman–Crippen MR) is 58.6 cm³/mol. The van der Waals surface area contributed by atoms with Gasteiger partial charge in [-0.2, -0.15) is 0 Å². The average molecular weight is 341 g/mol. The van der Waals surface area contributed by atoms with E-state index in [1.807, 2.05) is 29.5 Å². The molecule has 0 bridgehead atoms. The molecule has 1 rings (SSSR count). The van der Waals surface area contributed by atoms with Crippen LogP contribution in [0.15, 0.2) is 16.6 Å². The van der Waals surface area contributed by atoms with Gasteiger partial charge in [-0.3, -0.25) is 0 Å². The van der Waals surface area contributed by atoms with Gasteiger partial charge in [0, 0.05) is 8.04 Å². The van der Waals surface area contributed by atoms with Crippen molar-refractivity contribution in [3.63, 3.8) is 0 Å². The zero-order chi connectivity index (χ0) is 9.30. The van der Waals surface area contributed by atoms with Gasteiger partial charge in [0.1, 0.15) is 0 Å². The number of carbonyl (C=O) groups is 1. The van der Waals surface area contributed by atoms with Crippen molar-refractivity contribution in [3.05, 3.63) is 31.3 Å². The Bertz CT molecular complexity index is 336. The van der Waals surface area contributed by atoms with E-state index < -0.39 is 5.97 Å². The molecule has 1 aromatic carbocycles. The molecule has 1 N–H and O–H groups in total. The van der Waals surface area contributed by atoms with Gasteiger partial charge >= 0.3 is 5.97 Å². The van der Waals surface area contributed by atoms with E-state index in [-0.39, 0.29) is 0 Å². The van der Waals surface area contributed by atoms with Crippen molar-refractivity contribution in [2.24, 2.45) is 0 Å². The highest BCUT2D eigenvalue weighted by Gasteiger charge is 2.11. The second-order valence-electron chi connectivity index (χ2n) is 2.36. The van der Waals surface area contributed by atoms with Crippen LogP contribution in [0.1, 0.15) is 15.9 Å². The highest BCUT2D eigenvalue weighted by atomic mass is 127. The van der Waals surface area contributed by atoms with E-state index in [1.54, 1.807) is 12.1 Å². The molecular formula is C8H6BrIO2. The summed E-state index contributed by atoms with van der Waals surface area (Å²) in [6, 6.07) is 3.40. The van der Waals surface area contributed by atoms with Crippen molar-refractivity contribution in [1.29, 1.82) is 0 Å². The maximum Gasteiger partial charge on any atom is 0.336 e. The van der Waals surface area contributed by atoms with Crippen LogP contribution in [-0.2, 0) is 0 Å². The summed E-state index contributed by atoms with van der Waals surface area (Å²) in [5.41, 5.74) is 1.39. The first-order chi connectivity index (χ1) is 5.54. The molecule has 0 saturated heterocycles. The van der Waals surface area contributed by atoms with Crippen LogP contribution < -0.4 is 0 Å². The van der Waals surface area contributed by atoms with E-state index in [0.29, 0.717) is 5.56 Å². The minimum Gasteiger partial charge on any atom is -0.478 e. The molecule has 12 heavy (non-hydrogen) atoms. The summed E-state index contributed by atoms with van der Waals surface area (Å²) in [4.78, 5) is 10.7. The van der Waals surface area contributed by atoms with Crippen molar-refractivity contribution >= 4 is 44.5 Å². The molecule has 0 fully saturated rings. The van der Waals surface area contributed by atoms with Crippen LogP contribution in [0.5, 0.6) is 0 Å². The minimum absolute atomic E-state index is 0.341. The largest absolute Gasteiger partial charge is 0.478 e. The Morgan fingerprint density at radius 1 is 1.58 bits per heavy atom. The molecule has 0 unspecified atom stereocenters. The maximum absolute atomic E-state index is 10.7. The number of carboxylic acid groups (broad SMARTS) is 1. The highest BCUT2D eigenvalue weighted by Crippen LogP contribution is 2.26.